The molecule has 0 radical (unpaired) electrons. The fourth-order valence-electron chi connectivity index (χ4n) is 5.10. The van der Waals surface area contributed by atoms with Gasteiger partial charge in [0.25, 0.3) is 0 Å². The Morgan fingerprint density at radius 3 is 2.69 bits per heavy atom. The first kappa shape index (κ1) is 26.7. The van der Waals surface area contributed by atoms with Gasteiger partial charge in [0.15, 0.2) is 11.5 Å². The van der Waals surface area contributed by atoms with Crippen LogP contribution >= 0.6 is 11.3 Å². The molecular formula is C29H33N5O4S. The molecule has 1 saturated carbocycles. The van der Waals surface area contributed by atoms with Crippen molar-refractivity contribution in [1.82, 2.24) is 25.2 Å². The smallest absolute Gasteiger partial charge is 0.247 e. The third kappa shape index (κ3) is 6.06. The fraction of sp³-hybridized carbons (Fsp3) is 0.379. The maximum Gasteiger partial charge on any atom is 0.247 e. The number of nitrogens with zero attached hydrogens (tertiary/aromatic N) is 4. The van der Waals surface area contributed by atoms with Gasteiger partial charge in [-0.1, -0.05) is 42.3 Å². The molecule has 0 spiro atoms. The Hall–Kier alpha value is -3.92. The minimum Gasteiger partial charge on any atom is -0.493 e. The molecule has 1 N–H and O–H groups in total. The minimum absolute atomic E-state index is 0.0484. The molecule has 2 aromatic heterocycles. The first-order chi connectivity index (χ1) is 19.1. The number of carbonyl (C=O) groups is 2. The van der Waals surface area contributed by atoms with Crippen LogP contribution in [0.15, 0.2) is 60.0 Å². The van der Waals surface area contributed by atoms with Crippen LogP contribution in [0.4, 0.5) is 0 Å². The summed E-state index contributed by atoms with van der Waals surface area (Å²) in [7, 11) is 1.57. The highest BCUT2D eigenvalue weighted by Crippen LogP contribution is 2.34. The zero-order valence-corrected chi connectivity index (χ0v) is 23.0. The zero-order chi connectivity index (χ0) is 27.2. The van der Waals surface area contributed by atoms with E-state index in [9.17, 15) is 9.59 Å². The molecule has 0 aliphatic heterocycles. The van der Waals surface area contributed by atoms with Crippen LogP contribution in [-0.4, -0.2) is 51.5 Å². The van der Waals surface area contributed by atoms with Gasteiger partial charge in [0.05, 0.1) is 25.8 Å². The van der Waals surface area contributed by atoms with E-state index in [1.165, 1.54) is 0 Å². The molecule has 204 valence electrons. The summed E-state index contributed by atoms with van der Waals surface area (Å²) in [6.07, 6.45) is 4.05. The number of methoxy groups -OCH3 is 1. The van der Waals surface area contributed by atoms with E-state index in [1.807, 2.05) is 54.8 Å². The summed E-state index contributed by atoms with van der Waals surface area (Å²) < 4.78 is 12.9. The molecule has 0 unspecified atom stereocenters. The first-order valence-corrected chi connectivity index (χ1v) is 14.2. The van der Waals surface area contributed by atoms with Crippen molar-refractivity contribution < 1.29 is 19.1 Å². The molecule has 1 aliphatic rings. The molecule has 2 amide bonds. The van der Waals surface area contributed by atoms with Crippen LogP contribution in [0.1, 0.15) is 49.1 Å². The van der Waals surface area contributed by atoms with Gasteiger partial charge in [0, 0.05) is 10.9 Å². The molecular weight excluding hydrogens is 514 g/mol. The predicted octanol–water partition coefficient (Wildman–Crippen LogP) is 4.73. The Morgan fingerprint density at radius 1 is 1.13 bits per heavy atom. The van der Waals surface area contributed by atoms with Crippen LogP contribution in [0.3, 0.4) is 0 Å². The lowest BCUT2D eigenvalue weighted by atomic mass is 10.0. The summed E-state index contributed by atoms with van der Waals surface area (Å²) in [6, 6.07) is 16.1. The molecule has 9 nitrogen and oxygen atoms in total. The zero-order valence-electron chi connectivity index (χ0n) is 22.2. The topological polar surface area (TPSA) is 98.6 Å². The standard InChI is InChI=1S/C29H33N5O4S/c1-3-38-25-15-14-20(17-26(25)37-2)28(29(36)30-21-9-4-5-10-21)33(18-22-11-8-16-39-22)27(35)19-34-24-13-7-6-12-23(24)31-32-34/h6-8,11-17,21,28H,3-5,9-10,18-19H2,1-2H3,(H,30,36)/t28-/m0/s1. The van der Waals surface area contributed by atoms with Crippen LogP contribution in [0.5, 0.6) is 11.5 Å². The van der Waals surface area contributed by atoms with E-state index in [0.717, 1.165) is 36.1 Å². The number of fused-ring (bicyclic) bond motifs is 1. The van der Waals surface area contributed by atoms with Gasteiger partial charge >= 0.3 is 0 Å². The number of aromatic nitrogens is 3. The summed E-state index contributed by atoms with van der Waals surface area (Å²) in [5.74, 6) is 0.655. The van der Waals surface area contributed by atoms with Crippen molar-refractivity contribution in [2.75, 3.05) is 13.7 Å². The van der Waals surface area contributed by atoms with Crippen LogP contribution in [0, 0.1) is 0 Å². The molecule has 4 aromatic rings. The largest absolute Gasteiger partial charge is 0.493 e. The van der Waals surface area contributed by atoms with Crippen LogP contribution in [0.25, 0.3) is 11.0 Å². The molecule has 1 atom stereocenters. The lowest BCUT2D eigenvalue weighted by molar-refractivity contribution is -0.142. The number of ether oxygens (including phenoxy) is 2. The van der Waals surface area contributed by atoms with Gasteiger partial charge in [-0.3, -0.25) is 9.59 Å². The number of thiophene rings is 1. The Kier molecular flexibility index (Phi) is 8.41. The molecule has 0 bridgehead atoms. The number of nitrogens with one attached hydrogen (secondary N) is 1. The summed E-state index contributed by atoms with van der Waals surface area (Å²) in [6.45, 7) is 2.62. The van der Waals surface area contributed by atoms with E-state index < -0.39 is 6.04 Å². The summed E-state index contributed by atoms with van der Waals surface area (Å²) in [5, 5.41) is 13.6. The SMILES string of the molecule is CCOc1ccc([C@@H](C(=O)NC2CCCC2)N(Cc2cccs2)C(=O)Cn2nnc3ccccc32)cc1OC. The Bertz CT molecular complexity index is 1410. The quantitative estimate of drug-likeness (QED) is 0.292. The molecule has 2 heterocycles. The maximum absolute atomic E-state index is 14.1. The third-order valence-corrected chi connectivity index (χ3v) is 7.86. The molecule has 10 heteroatoms. The van der Waals surface area contributed by atoms with E-state index in [-0.39, 0.29) is 30.9 Å². The monoisotopic (exact) mass is 547 g/mol. The van der Waals surface area contributed by atoms with Crippen molar-refractivity contribution in [3.63, 3.8) is 0 Å². The van der Waals surface area contributed by atoms with Crippen molar-refractivity contribution in [2.45, 2.75) is 57.8 Å². The molecule has 5 rings (SSSR count). The van der Waals surface area contributed by atoms with Crippen LogP contribution < -0.4 is 14.8 Å². The van der Waals surface area contributed by atoms with Gasteiger partial charge in [-0.05, 0) is 61.0 Å². The fourth-order valence-corrected chi connectivity index (χ4v) is 5.80. The van der Waals surface area contributed by atoms with Crippen LogP contribution in [0.2, 0.25) is 0 Å². The Labute approximate surface area is 231 Å². The average Bonchev–Trinajstić information content (AvgIpc) is 3.73. The normalized spacial score (nSPS) is 14.3. The number of rotatable bonds is 11. The highest BCUT2D eigenvalue weighted by Gasteiger charge is 2.34. The second kappa shape index (κ2) is 12.3. The Morgan fingerprint density at radius 2 is 1.95 bits per heavy atom. The molecule has 1 fully saturated rings. The lowest BCUT2D eigenvalue weighted by Crippen LogP contribution is -2.46. The van der Waals surface area contributed by atoms with Gasteiger partial charge in [-0.2, -0.15) is 0 Å². The van der Waals surface area contributed by atoms with Gasteiger partial charge < -0.3 is 19.7 Å². The number of carbonyl (C=O) groups excluding carboxylic acids is 2. The second-order valence-corrected chi connectivity index (χ2v) is 10.6. The van der Waals surface area contributed by atoms with Gasteiger partial charge in [0.1, 0.15) is 18.1 Å². The molecule has 0 saturated heterocycles. The van der Waals surface area contributed by atoms with E-state index in [0.29, 0.717) is 29.2 Å². The van der Waals surface area contributed by atoms with E-state index in [4.69, 9.17) is 9.47 Å². The van der Waals surface area contributed by atoms with Gasteiger partial charge in [-0.25, -0.2) is 4.68 Å². The third-order valence-electron chi connectivity index (χ3n) is 7.00. The summed E-state index contributed by atoms with van der Waals surface area (Å²) >= 11 is 1.55. The predicted molar refractivity (Wildman–Crippen MR) is 150 cm³/mol. The number of para-hydroxylation sites is 1. The first-order valence-electron chi connectivity index (χ1n) is 13.3. The number of hydrogen-bond donors (Lipinski definition) is 1. The summed E-state index contributed by atoms with van der Waals surface area (Å²) in [5.41, 5.74) is 2.12. The highest BCUT2D eigenvalue weighted by molar-refractivity contribution is 7.09. The maximum atomic E-state index is 14.1. The van der Waals surface area contributed by atoms with Crippen molar-refractivity contribution in [3.05, 3.63) is 70.4 Å². The van der Waals surface area contributed by atoms with Gasteiger partial charge in [0.2, 0.25) is 11.8 Å². The van der Waals surface area contributed by atoms with Crippen molar-refractivity contribution in [3.8, 4) is 11.5 Å². The lowest BCUT2D eigenvalue weighted by Gasteiger charge is -2.32. The van der Waals surface area contributed by atoms with E-state index in [2.05, 4.69) is 15.6 Å². The average molecular weight is 548 g/mol. The second-order valence-electron chi connectivity index (χ2n) is 9.57. The van der Waals surface area contributed by atoms with E-state index >= 15 is 0 Å². The molecule has 2 aromatic carbocycles. The van der Waals surface area contributed by atoms with E-state index in [1.54, 1.807) is 40.2 Å². The van der Waals surface area contributed by atoms with Crippen molar-refractivity contribution in [2.24, 2.45) is 0 Å². The van der Waals surface area contributed by atoms with Crippen LogP contribution in [-0.2, 0) is 22.7 Å². The molecule has 39 heavy (non-hydrogen) atoms. The van der Waals surface area contributed by atoms with Gasteiger partial charge in [-0.15, -0.1) is 16.4 Å². The number of amides is 2. The minimum atomic E-state index is -0.875. The highest BCUT2D eigenvalue weighted by atomic mass is 32.1. The number of benzene rings is 2. The summed E-state index contributed by atoms with van der Waals surface area (Å²) in [4.78, 5) is 30.7. The molecule has 1 aliphatic carbocycles. The van der Waals surface area contributed by atoms with Crippen molar-refractivity contribution in [1.29, 1.82) is 0 Å². The number of hydrogen-bond acceptors (Lipinski definition) is 7. The van der Waals surface area contributed by atoms with Crippen molar-refractivity contribution >= 4 is 34.2 Å². The Balaban J connectivity index is 1.54.